The van der Waals surface area contributed by atoms with Gasteiger partial charge in [-0.1, -0.05) is 43.5 Å². The number of hydrogen-bond donors (Lipinski definition) is 2. The smallest absolute Gasteiger partial charge is 0.227 e. The molecule has 5 rings (SSSR count). The van der Waals surface area contributed by atoms with E-state index in [1.807, 2.05) is 0 Å². The van der Waals surface area contributed by atoms with Gasteiger partial charge in [-0.05, 0) is 72.9 Å². The van der Waals surface area contributed by atoms with E-state index in [9.17, 15) is 4.79 Å². The highest BCUT2D eigenvalue weighted by atomic mass is 16.1. The van der Waals surface area contributed by atoms with Crippen LogP contribution in [0.1, 0.15) is 43.2 Å². The Labute approximate surface area is 176 Å². The normalized spacial score (nSPS) is 15.0. The van der Waals surface area contributed by atoms with Crippen LogP contribution in [0.2, 0.25) is 0 Å². The fourth-order valence-electron chi connectivity index (χ4n) is 4.63. The Morgan fingerprint density at radius 1 is 0.967 bits per heavy atom. The van der Waals surface area contributed by atoms with Gasteiger partial charge in [-0.15, -0.1) is 0 Å². The molecule has 0 aliphatic heterocycles. The van der Waals surface area contributed by atoms with Crippen molar-refractivity contribution in [2.75, 3.05) is 5.32 Å². The van der Waals surface area contributed by atoms with Gasteiger partial charge in [-0.2, -0.15) is 0 Å². The summed E-state index contributed by atoms with van der Waals surface area (Å²) in [5, 5.41) is 5.57. The van der Waals surface area contributed by atoms with Crippen LogP contribution in [-0.4, -0.2) is 15.9 Å². The molecule has 0 spiro atoms. The van der Waals surface area contributed by atoms with E-state index < -0.39 is 0 Å². The van der Waals surface area contributed by atoms with Crippen LogP contribution in [0.5, 0.6) is 0 Å². The summed E-state index contributed by atoms with van der Waals surface area (Å²) in [5.41, 5.74) is 6.15. The molecule has 1 heterocycles. The Morgan fingerprint density at radius 3 is 2.47 bits per heavy atom. The van der Waals surface area contributed by atoms with Crippen LogP contribution in [0, 0.1) is 19.8 Å². The van der Waals surface area contributed by atoms with Crippen LogP contribution >= 0.6 is 0 Å². The largest absolute Gasteiger partial charge is 0.338 e. The standard InChI is InChI=1S/C26H27N3O/c1-16-13-22(29-26(30)18-8-4-3-5-9-18)17(2)12-21(16)25-27-23-14-19-10-6-7-11-20(19)15-24(23)28-25/h6-7,10-15,18H,3-5,8-9H2,1-2H3,(H,27,28)(H,29,30). The summed E-state index contributed by atoms with van der Waals surface area (Å²) in [7, 11) is 0. The van der Waals surface area contributed by atoms with Crippen molar-refractivity contribution in [1.82, 2.24) is 9.97 Å². The van der Waals surface area contributed by atoms with Crippen molar-refractivity contribution >= 4 is 33.4 Å². The Morgan fingerprint density at radius 2 is 1.70 bits per heavy atom. The van der Waals surface area contributed by atoms with E-state index >= 15 is 0 Å². The van der Waals surface area contributed by atoms with Crippen LogP contribution < -0.4 is 5.32 Å². The number of fused-ring (bicyclic) bond motifs is 2. The molecule has 4 nitrogen and oxygen atoms in total. The number of hydrogen-bond acceptors (Lipinski definition) is 2. The molecule has 0 atom stereocenters. The van der Waals surface area contributed by atoms with Crippen molar-refractivity contribution in [2.45, 2.75) is 46.0 Å². The molecule has 2 N–H and O–H groups in total. The highest BCUT2D eigenvalue weighted by Gasteiger charge is 2.22. The van der Waals surface area contributed by atoms with Crippen LogP contribution in [0.25, 0.3) is 33.2 Å². The zero-order valence-corrected chi connectivity index (χ0v) is 17.6. The van der Waals surface area contributed by atoms with Crippen molar-refractivity contribution in [2.24, 2.45) is 5.92 Å². The van der Waals surface area contributed by atoms with Gasteiger partial charge in [0.05, 0.1) is 11.0 Å². The van der Waals surface area contributed by atoms with Gasteiger partial charge in [0.1, 0.15) is 5.82 Å². The number of nitrogens with one attached hydrogen (secondary N) is 2. The molecule has 30 heavy (non-hydrogen) atoms. The number of nitrogens with zero attached hydrogens (tertiary/aromatic N) is 1. The number of imidazole rings is 1. The molecule has 1 aliphatic carbocycles. The van der Waals surface area contributed by atoms with E-state index in [1.54, 1.807) is 0 Å². The van der Waals surface area contributed by atoms with E-state index in [2.05, 4.69) is 72.7 Å². The van der Waals surface area contributed by atoms with E-state index in [0.717, 1.165) is 64.9 Å². The molecule has 152 valence electrons. The van der Waals surface area contributed by atoms with Crippen molar-refractivity contribution in [3.05, 3.63) is 59.7 Å². The SMILES string of the molecule is Cc1cc(-c2nc3cc4ccccc4cc3[nH]2)c(C)cc1NC(=O)C1CCCCC1. The lowest BCUT2D eigenvalue weighted by Gasteiger charge is -2.21. The predicted molar refractivity (Wildman–Crippen MR) is 124 cm³/mol. The molecular weight excluding hydrogens is 370 g/mol. The molecule has 0 radical (unpaired) electrons. The summed E-state index contributed by atoms with van der Waals surface area (Å²) < 4.78 is 0. The van der Waals surface area contributed by atoms with Gasteiger partial charge in [0.25, 0.3) is 0 Å². The number of carbonyl (C=O) groups excluding carboxylic acids is 1. The third-order valence-corrected chi connectivity index (χ3v) is 6.41. The number of carbonyl (C=O) groups is 1. The van der Waals surface area contributed by atoms with E-state index in [-0.39, 0.29) is 11.8 Å². The first-order valence-electron chi connectivity index (χ1n) is 10.9. The number of benzene rings is 3. The molecule has 1 aromatic heterocycles. The molecule has 1 fully saturated rings. The maximum Gasteiger partial charge on any atom is 0.227 e. The number of rotatable bonds is 3. The van der Waals surface area contributed by atoms with Gasteiger partial charge in [0, 0.05) is 17.2 Å². The molecule has 0 bridgehead atoms. The molecule has 1 amide bonds. The highest BCUT2D eigenvalue weighted by molar-refractivity contribution is 5.97. The minimum atomic E-state index is 0.155. The molecule has 1 saturated carbocycles. The van der Waals surface area contributed by atoms with E-state index in [4.69, 9.17) is 4.98 Å². The first-order chi connectivity index (χ1) is 14.6. The topological polar surface area (TPSA) is 57.8 Å². The van der Waals surface area contributed by atoms with Crippen LogP contribution in [0.4, 0.5) is 5.69 Å². The second-order valence-electron chi connectivity index (χ2n) is 8.61. The van der Waals surface area contributed by atoms with E-state index in [1.165, 1.54) is 17.2 Å². The first kappa shape index (κ1) is 18.9. The van der Waals surface area contributed by atoms with Gasteiger partial charge in [0.15, 0.2) is 0 Å². The zero-order chi connectivity index (χ0) is 20.7. The number of aromatic nitrogens is 2. The van der Waals surface area contributed by atoms with Crippen molar-refractivity contribution < 1.29 is 4.79 Å². The average Bonchev–Trinajstić information content (AvgIpc) is 3.17. The second kappa shape index (κ2) is 7.60. The molecule has 4 heteroatoms. The molecule has 1 aliphatic rings. The predicted octanol–water partition coefficient (Wildman–Crippen LogP) is 6.52. The highest BCUT2D eigenvalue weighted by Crippen LogP contribution is 2.31. The zero-order valence-electron chi connectivity index (χ0n) is 17.6. The molecule has 3 aromatic carbocycles. The van der Waals surface area contributed by atoms with Crippen LogP contribution in [-0.2, 0) is 4.79 Å². The maximum absolute atomic E-state index is 12.7. The quantitative estimate of drug-likeness (QED) is 0.413. The van der Waals surface area contributed by atoms with Crippen molar-refractivity contribution in [3.8, 4) is 11.4 Å². The Balaban J connectivity index is 1.46. The van der Waals surface area contributed by atoms with Gasteiger partial charge >= 0.3 is 0 Å². The fraction of sp³-hybridized carbons (Fsp3) is 0.308. The van der Waals surface area contributed by atoms with Gasteiger partial charge in [0.2, 0.25) is 5.91 Å². The second-order valence-corrected chi connectivity index (χ2v) is 8.61. The monoisotopic (exact) mass is 397 g/mol. The number of aromatic amines is 1. The Bertz CT molecular complexity index is 1200. The molecule has 0 unspecified atom stereocenters. The summed E-state index contributed by atoms with van der Waals surface area (Å²) in [6.07, 6.45) is 5.60. The lowest BCUT2D eigenvalue weighted by atomic mass is 9.88. The lowest BCUT2D eigenvalue weighted by Crippen LogP contribution is -2.25. The lowest BCUT2D eigenvalue weighted by molar-refractivity contribution is -0.120. The van der Waals surface area contributed by atoms with E-state index in [0.29, 0.717) is 0 Å². The minimum absolute atomic E-state index is 0.155. The Hall–Kier alpha value is -3.14. The number of H-pyrrole nitrogens is 1. The van der Waals surface area contributed by atoms with Crippen molar-refractivity contribution in [1.29, 1.82) is 0 Å². The third-order valence-electron chi connectivity index (χ3n) is 6.41. The molecular formula is C26H27N3O. The number of amides is 1. The van der Waals surface area contributed by atoms with Crippen LogP contribution in [0.15, 0.2) is 48.5 Å². The fourth-order valence-corrected chi connectivity index (χ4v) is 4.63. The van der Waals surface area contributed by atoms with Crippen molar-refractivity contribution in [3.63, 3.8) is 0 Å². The van der Waals surface area contributed by atoms with Gasteiger partial charge < -0.3 is 10.3 Å². The maximum atomic E-state index is 12.7. The average molecular weight is 398 g/mol. The third kappa shape index (κ3) is 3.47. The summed E-state index contributed by atoms with van der Waals surface area (Å²) in [6.45, 7) is 4.13. The minimum Gasteiger partial charge on any atom is -0.338 e. The number of anilines is 1. The van der Waals surface area contributed by atoms with Gasteiger partial charge in [-0.25, -0.2) is 4.98 Å². The Kier molecular flexibility index (Phi) is 4.78. The summed E-state index contributed by atoms with van der Waals surface area (Å²) in [4.78, 5) is 21.0. The first-order valence-corrected chi connectivity index (χ1v) is 10.9. The number of aryl methyl sites for hydroxylation is 2. The molecule has 4 aromatic rings. The van der Waals surface area contributed by atoms with Gasteiger partial charge in [-0.3, -0.25) is 4.79 Å². The summed E-state index contributed by atoms with van der Waals surface area (Å²) in [5.74, 6) is 1.19. The van der Waals surface area contributed by atoms with Crippen LogP contribution in [0.3, 0.4) is 0 Å². The summed E-state index contributed by atoms with van der Waals surface area (Å²) in [6, 6.07) is 16.8. The molecule has 0 saturated heterocycles. The summed E-state index contributed by atoms with van der Waals surface area (Å²) >= 11 is 0.